The Morgan fingerprint density at radius 2 is 1.86 bits per heavy atom. The average Bonchev–Trinajstić information content (AvgIpc) is 2.66. The summed E-state index contributed by atoms with van der Waals surface area (Å²) in [5.74, 6) is 1.70. The number of para-hydroxylation sites is 1. The second-order valence-corrected chi connectivity index (χ2v) is 8.46. The number of nitrogens with one attached hydrogen (secondary N) is 2. The van der Waals surface area contributed by atoms with Gasteiger partial charge in [0.15, 0.2) is 0 Å². The molecule has 1 unspecified atom stereocenters. The number of benzene rings is 1. The summed E-state index contributed by atoms with van der Waals surface area (Å²) in [6, 6.07) is 8.10. The molecule has 1 fully saturated rings. The standard InChI is InChI=1S/C21H30N6O/c1-13(2)19-21(28)24-18-12-26(14(3)4)9-10-27(18)11-17-22-16-8-6-5-7-15(16)20(23-17)25-19/h5-8,13-14,18-19H,9-12H2,1-4H3,(H,24,28)(H,22,23,25)/t18?,19-/m0/s1. The SMILES string of the molecule is CC(C)[C@@H]1Nc2nc(nc3ccccc23)CN2CCN(C(C)C)CC2NC1=O. The number of anilines is 1. The second-order valence-electron chi connectivity index (χ2n) is 8.46. The molecule has 7 heteroatoms. The minimum atomic E-state index is -0.347. The molecule has 1 aromatic heterocycles. The molecule has 150 valence electrons. The molecule has 0 saturated carbocycles. The van der Waals surface area contributed by atoms with Gasteiger partial charge in [0.2, 0.25) is 5.91 Å². The third-order valence-electron chi connectivity index (χ3n) is 5.80. The number of piperazine rings is 1. The van der Waals surface area contributed by atoms with Gasteiger partial charge in [0.1, 0.15) is 17.7 Å². The normalized spacial score (nSPS) is 24.1. The Bertz CT molecular complexity index is 867. The van der Waals surface area contributed by atoms with Crippen LogP contribution in [0.1, 0.15) is 33.5 Å². The molecule has 3 heterocycles. The van der Waals surface area contributed by atoms with Gasteiger partial charge in [0, 0.05) is 31.1 Å². The number of amides is 1. The van der Waals surface area contributed by atoms with Crippen LogP contribution in [0.15, 0.2) is 24.3 Å². The van der Waals surface area contributed by atoms with Crippen LogP contribution < -0.4 is 10.6 Å². The summed E-state index contributed by atoms with van der Waals surface area (Å²) in [7, 11) is 0. The van der Waals surface area contributed by atoms with Crippen LogP contribution in [0.4, 0.5) is 5.82 Å². The molecule has 7 nitrogen and oxygen atoms in total. The van der Waals surface area contributed by atoms with Gasteiger partial charge in [-0.3, -0.25) is 14.6 Å². The van der Waals surface area contributed by atoms with Crippen molar-refractivity contribution in [2.75, 3.05) is 25.0 Å². The van der Waals surface area contributed by atoms with Crippen molar-refractivity contribution in [1.29, 1.82) is 0 Å². The van der Waals surface area contributed by atoms with E-state index in [2.05, 4.69) is 48.1 Å². The summed E-state index contributed by atoms with van der Waals surface area (Å²) >= 11 is 0. The Morgan fingerprint density at radius 3 is 2.61 bits per heavy atom. The van der Waals surface area contributed by atoms with Crippen molar-refractivity contribution in [3.63, 3.8) is 0 Å². The van der Waals surface area contributed by atoms with E-state index >= 15 is 0 Å². The van der Waals surface area contributed by atoms with Crippen LogP contribution in [-0.4, -0.2) is 63.6 Å². The summed E-state index contributed by atoms with van der Waals surface area (Å²) in [5, 5.41) is 7.66. The van der Waals surface area contributed by atoms with Crippen molar-refractivity contribution in [2.24, 2.45) is 5.92 Å². The second kappa shape index (κ2) is 7.64. The third kappa shape index (κ3) is 3.69. The van der Waals surface area contributed by atoms with E-state index in [9.17, 15) is 4.79 Å². The lowest BCUT2D eigenvalue weighted by molar-refractivity contribution is -0.126. The topological polar surface area (TPSA) is 73.4 Å². The maximum Gasteiger partial charge on any atom is 0.244 e. The minimum Gasteiger partial charge on any atom is -0.358 e. The van der Waals surface area contributed by atoms with E-state index in [-0.39, 0.29) is 24.0 Å². The van der Waals surface area contributed by atoms with Crippen molar-refractivity contribution in [1.82, 2.24) is 25.1 Å². The van der Waals surface area contributed by atoms with Crippen molar-refractivity contribution in [2.45, 2.75) is 52.5 Å². The molecule has 4 rings (SSSR count). The zero-order chi connectivity index (χ0) is 19.8. The van der Waals surface area contributed by atoms with E-state index in [1.165, 1.54) is 0 Å². The molecular weight excluding hydrogens is 352 g/mol. The highest BCUT2D eigenvalue weighted by molar-refractivity contribution is 5.92. The van der Waals surface area contributed by atoms with Crippen LogP contribution in [0.2, 0.25) is 0 Å². The third-order valence-corrected chi connectivity index (χ3v) is 5.80. The molecule has 1 saturated heterocycles. The molecule has 0 radical (unpaired) electrons. The fourth-order valence-corrected chi connectivity index (χ4v) is 4.06. The average molecular weight is 383 g/mol. The summed E-state index contributed by atoms with van der Waals surface area (Å²) in [6.07, 6.45) is -0.0386. The lowest BCUT2D eigenvalue weighted by atomic mass is 10.0. The predicted molar refractivity (Wildman–Crippen MR) is 111 cm³/mol. The fraction of sp³-hybridized carbons (Fsp3) is 0.571. The zero-order valence-electron chi connectivity index (χ0n) is 17.1. The van der Waals surface area contributed by atoms with E-state index in [1.54, 1.807) is 0 Å². The van der Waals surface area contributed by atoms with Gasteiger partial charge in [-0.2, -0.15) is 0 Å². The van der Waals surface area contributed by atoms with Gasteiger partial charge in [0.25, 0.3) is 0 Å². The van der Waals surface area contributed by atoms with Crippen molar-refractivity contribution in [3.05, 3.63) is 30.1 Å². The Balaban J connectivity index is 1.76. The largest absolute Gasteiger partial charge is 0.358 e. The van der Waals surface area contributed by atoms with Crippen LogP contribution in [-0.2, 0) is 11.3 Å². The molecule has 2 bridgehead atoms. The number of aromatic nitrogens is 2. The van der Waals surface area contributed by atoms with Crippen LogP contribution in [0.5, 0.6) is 0 Å². The molecule has 1 amide bonds. The fourth-order valence-electron chi connectivity index (χ4n) is 4.06. The van der Waals surface area contributed by atoms with Crippen LogP contribution in [0, 0.1) is 5.92 Å². The van der Waals surface area contributed by atoms with Gasteiger partial charge in [-0.05, 0) is 31.9 Å². The Kier molecular flexibility index (Phi) is 5.21. The number of hydrogen-bond donors (Lipinski definition) is 2. The maximum absolute atomic E-state index is 13.2. The van der Waals surface area contributed by atoms with E-state index in [0.717, 1.165) is 42.2 Å². The molecule has 2 N–H and O–H groups in total. The van der Waals surface area contributed by atoms with Gasteiger partial charge in [-0.15, -0.1) is 0 Å². The maximum atomic E-state index is 13.2. The van der Waals surface area contributed by atoms with Crippen LogP contribution in [0.3, 0.4) is 0 Å². The lowest BCUT2D eigenvalue weighted by Crippen LogP contribution is -2.63. The Labute approximate surface area is 166 Å². The quantitative estimate of drug-likeness (QED) is 0.828. The predicted octanol–water partition coefficient (Wildman–Crippen LogP) is 2.05. The van der Waals surface area contributed by atoms with Gasteiger partial charge in [0.05, 0.1) is 18.2 Å². The molecule has 2 atom stereocenters. The summed E-state index contributed by atoms with van der Waals surface area (Å²) in [6.45, 7) is 11.8. The molecule has 2 aliphatic heterocycles. The molecule has 0 aliphatic carbocycles. The van der Waals surface area contributed by atoms with Crippen molar-refractivity contribution >= 4 is 22.6 Å². The van der Waals surface area contributed by atoms with Gasteiger partial charge >= 0.3 is 0 Å². The molecule has 2 aromatic rings. The highest BCUT2D eigenvalue weighted by Crippen LogP contribution is 2.24. The van der Waals surface area contributed by atoms with Crippen molar-refractivity contribution in [3.8, 4) is 0 Å². The zero-order valence-corrected chi connectivity index (χ0v) is 17.1. The smallest absolute Gasteiger partial charge is 0.244 e. The molecule has 2 aliphatic rings. The van der Waals surface area contributed by atoms with Gasteiger partial charge in [-0.1, -0.05) is 26.0 Å². The number of carbonyl (C=O) groups excluding carboxylic acids is 1. The number of hydrogen-bond acceptors (Lipinski definition) is 6. The van der Waals surface area contributed by atoms with E-state index in [0.29, 0.717) is 12.6 Å². The first-order valence-electron chi connectivity index (χ1n) is 10.2. The number of nitrogens with zero attached hydrogens (tertiary/aromatic N) is 4. The minimum absolute atomic E-state index is 0.0294. The van der Waals surface area contributed by atoms with E-state index in [1.807, 2.05) is 24.3 Å². The number of fused-ring (bicyclic) bond motifs is 5. The molecule has 28 heavy (non-hydrogen) atoms. The Morgan fingerprint density at radius 1 is 1.07 bits per heavy atom. The summed E-state index contributed by atoms with van der Waals surface area (Å²) in [5.41, 5.74) is 0.913. The van der Waals surface area contributed by atoms with Crippen LogP contribution >= 0.6 is 0 Å². The van der Waals surface area contributed by atoms with Crippen LogP contribution in [0.25, 0.3) is 10.9 Å². The first-order chi connectivity index (χ1) is 13.4. The lowest BCUT2D eigenvalue weighted by Gasteiger charge is -2.43. The highest BCUT2D eigenvalue weighted by atomic mass is 16.2. The first kappa shape index (κ1) is 19.1. The van der Waals surface area contributed by atoms with Gasteiger partial charge < -0.3 is 10.6 Å². The Hall–Kier alpha value is -2.25. The number of carbonyl (C=O) groups is 1. The molecular formula is C21H30N6O. The van der Waals surface area contributed by atoms with Crippen molar-refractivity contribution < 1.29 is 4.79 Å². The summed E-state index contributed by atoms with van der Waals surface area (Å²) < 4.78 is 0. The monoisotopic (exact) mass is 382 g/mol. The molecule has 0 spiro atoms. The highest BCUT2D eigenvalue weighted by Gasteiger charge is 2.34. The first-order valence-corrected chi connectivity index (χ1v) is 10.2. The van der Waals surface area contributed by atoms with Gasteiger partial charge in [-0.25, -0.2) is 9.97 Å². The van der Waals surface area contributed by atoms with E-state index in [4.69, 9.17) is 9.97 Å². The molecule has 1 aromatic carbocycles. The summed E-state index contributed by atoms with van der Waals surface area (Å²) in [4.78, 5) is 27.5. The number of rotatable bonds is 2. The van der Waals surface area contributed by atoms with E-state index < -0.39 is 0 Å².